The van der Waals surface area contributed by atoms with E-state index in [1.165, 1.54) is 4.88 Å². The van der Waals surface area contributed by atoms with Gasteiger partial charge >= 0.3 is 0 Å². The predicted octanol–water partition coefficient (Wildman–Crippen LogP) is 1.49. The molecule has 2 N–H and O–H groups in total. The Morgan fingerprint density at radius 1 is 1.48 bits per heavy atom. The number of carbonyl (C=O) groups excluding carboxylic acids is 1. The topological polar surface area (TPSA) is 78.4 Å². The zero-order valence-electron chi connectivity index (χ0n) is 13.6. The minimum Gasteiger partial charge on any atom is -0.396 e. The van der Waals surface area contributed by atoms with Crippen LogP contribution in [0.5, 0.6) is 0 Å². The minimum absolute atomic E-state index is 0.000118. The quantitative estimate of drug-likeness (QED) is 0.802. The number of carbonyl (C=O) groups is 1. The second kappa shape index (κ2) is 8.03. The minimum atomic E-state index is -0.211. The van der Waals surface area contributed by atoms with E-state index < -0.39 is 0 Å². The Labute approximate surface area is 140 Å². The summed E-state index contributed by atoms with van der Waals surface area (Å²) in [5.41, 5.74) is 1.10. The number of thiophene rings is 1. The molecule has 6 nitrogen and oxygen atoms in total. The van der Waals surface area contributed by atoms with Crippen LogP contribution in [0.15, 0.2) is 23.7 Å². The van der Waals surface area contributed by atoms with E-state index in [2.05, 4.69) is 15.3 Å². The third kappa shape index (κ3) is 4.74. The van der Waals surface area contributed by atoms with Crippen molar-refractivity contribution in [3.63, 3.8) is 0 Å². The van der Waals surface area contributed by atoms with Gasteiger partial charge in [-0.2, -0.15) is 0 Å². The Balaban J connectivity index is 1.95. The molecule has 124 valence electrons. The molecule has 0 fully saturated rings. The van der Waals surface area contributed by atoms with Gasteiger partial charge in [0.1, 0.15) is 0 Å². The molecule has 0 saturated carbocycles. The standard InChI is InChI=1S/C16H22N4O2S/c1-11-14(9-18-16(19-11)20(2)3)15(22)17-8-12(10-21)7-13-5-4-6-23-13/h4-6,9,12,21H,7-8,10H2,1-3H3,(H,17,22)/t12-/m1/s1. The van der Waals surface area contributed by atoms with Gasteiger partial charge in [-0.15, -0.1) is 11.3 Å². The van der Waals surface area contributed by atoms with Crippen molar-refractivity contribution >= 4 is 23.2 Å². The van der Waals surface area contributed by atoms with Gasteiger partial charge < -0.3 is 15.3 Å². The molecule has 0 aliphatic heterocycles. The molecule has 0 radical (unpaired) electrons. The fourth-order valence-corrected chi connectivity index (χ4v) is 2.96. The van der Waals surface area contributed by atoms with Crippen molar-refractivity contribution in [3.05, 3.63) is 39.8 Å². The molecule has 1 atom stereocenters. The zero-order chi connectivity index (χ0) is 16.8. The lowest BCUT2D eigenvalue weighted by Crippen LogP contribution is -2.32. The number of nitrogens with one attached hydrogen (secondary N) is 1. The lowest BCUT2D eigenvalue weighted by Gasteiger charge is -2.15. The molecule has 0 bridgehead atoms. The van der Waals surface area contributed by atoms with E-state index in [0.717, 1.165) is 6.42 Å². The maximum absolute atomic E-state index is 12.3. The van der Waals surface area contributed by atoms with Gasteiger partial charge in [-0.05, 0) is 24.8 Å². The van der Waals surface area contributed by atoms with Crippen LogP contribution in [0, 0.1) is 12.8 Å². The number of hydrogen-bond acceptors (Lipinski definition) is 6. The summed E-state index contributed by atoms with van der Waals surface area (Å²) in [5.74, 6) is 0.363. The molecule has 23 heavy (non-hydrogen) atoms. The summed E-state index contributed by atoms with van der Waals surface area (Å²) >= 11 is 1.66. The Hall–Kier alpha value is -1.99. The van der Waals surface area contributed by atoms with Gasteiger partial charge in [0, 0.05) is 44.2 Å². The van der Waals surface area contributed by atoms with Gasteiger partial charge in [0.15, 0.2) is 0 Å². The highest BCUT2D eigenvalue weighted by Gasteiger charge is 2.15. The van der Waals surface area contributed by atoms with E-state index in [4.69, 9.17) is 0 Å². The van der Waals surface area contributed by atoms with Crippen LogP contribution in [0.3, 0.4) is 0 Å². The van der Waals surface area contributed by atoms with Crippen LogP contribution in [0.1, 0.15) is 20.9 Å². The first-order valence-electron chi connectivity index (χ1n) is 7.43. The van der Waals surface area contributed by atoms with Crippen molar-refractivity contribution in [3.8, 4) is 0 Å². The maximum atomic E-state index is 12.3. The monoisotopic (exact) mass is 334 g/mol. The second-order valence-electron chi connectivity index (χ2n) is 5.61. The summed E-state index contributed by atoms with van der Waals surface area (Å²) in [5, 5.41) is 14.4. The number of aliphatic hydroxyl groups is 1. The SMILES string of the molecule is Cc1nc(N(C)C)ncc1C(=O)NC[C@H](CO)Cc1cccs1. The molecule has 2 rings (SSSR count). The molecule has 0 unspecified atom stereocenters. The number of aromatic nitrogens is 2. The van der Waals surface area contributed by atoms with E-state index in [-0.39, 0.29) is 18.4 Å². The fourth-order valence-electron chi connectivity index (χ4n) is 2.14. The summed E-state index contributed by atoms with van der Waals surface area (Å²) in [6, 6.07) is 4.02. The highest BCUT2D eigenvalue weighted by atomic mass is 32.1. The Kier molecular flexibility index (Phi) is 6.06. The van der Waals surface area contributed by atoms with Crippen molar-refractivity contribution in [2.75, 3.05) is 32.1 Å². The number of aliphatic hydroxyl groups excluding tert-OH is 1. The number of hydrogen-bond donors (Lipinski definition) is 2. The van der Waals surface area contributed by atoms with Gasteiger partial charge in [0.25, 0.3) is 5.91 Å². The third-order valence-electron chi connectivity index (χ3n) is 3.49. The van der Waals surface area contributed by atoms with Crippen LogP contribution >= 0.6 is 11.3 Å². The first-order valence-corrected chi connectivity index (χ1v) is 8.31. The van der Waals surface area contributed by atoms with Crippen molar-refractivity contribution < 1.29 is 9.90 Å². The molecule has 0 aliphatic rings. The van der Waals surface area contributed by atoms with E-state index >= 15 is 0 Å². The van der Waals surface area contributed by atoms with E-state index in [1.54, 1.807) is 29.4 Å². The number of anilines is 1. The number of aryl methyl sites for hydroxylation is 1. The summed E-state index contributed by atoms with van der Waals surface area (Å²) in [6.07, 6.45) is 2.30. The van der Waals surface area contributed by atoms with E-state index in [0.29, 0.717) is 23.8 Å². The first-order chi connectivity index (χ1) is 11.0. The van der Waals surface area contributed by atoms with Crippen molar-refractivity contribution in [1.82, 2.24) is 15.3 Å². The van der Waals surface area contributed by atoms with Gasteiger partial charge in [-0.3, -0.25) is 4.79 Å². The van der Waals surface area contributed by atoms with Crippen LogP contribution < -0.4 is 10.2 Å². The summed E-state index contributed by atoms with van der Waals surface area (Å²) in [6.45, 7) is 2.24. The average Bonchev–Trinajstić information content (AvgIpc) is 3.03. The summed E-state index contributed by atoms with van der Waals surface area (Å²) < 4.78 is 0. The molecule has 0 saturated heterocycles. The van der Waals surface area contributed by atoms with Crippen LogP contribution in [-0.4, -0.2) is 48.2 Å². The normalized spacial score (nSPS) is 12.0. The Morgan fingerprint density at radius 2 is 2.26 bits per heavy atom. The highest BCUT2D eigenvalue weighted by Crippen LogP contribution is 2.14. The molecule has 7 heteroatoms. The van der Waals surface area contributed by atoms with Gasteiger partial charge in [-0.25, -0.2) is 9.97 Å². The second-order valence-corrected chi connectivity index (χ2v) is 6.64. The molecular weight excluding hydrogens is 312 g/mol. The van der Waals surface area contributed by atoms with Crippen molar-refractivity contribution in [1.29, 1.82) is 0 Å². The maximum Gasteiger partial charge on any atom is 0.254 e. The molecule has 0 aromatic carbocycles. The molecule has 2 aromatic heterocycles. The van der Waals surface area contributed by atoms with Crippen LogP contribution in [0.4, 0.5) is 5.95 Å². The number of nitrogens with zero attached hydrogens (tertiary/aromatic N) is 3. The largest absolute Gasteiger partial charge is 0.396 e. The average molecular weight is 334 g/mol. The van der Waals surface area contributed by atoms with Gasteiger partial charge in [-0.1, -0.05) is 6.07 Å². The van der Waals surface area contributed by atoms with Crippen LogP contribution in [0.2, 0.25) is 0 Å². The predicted molar refractivity (Wildman–Crippen MR) is 92.0 cm³/mol. The third-order valence-corrected chi connectivity index (χ3v) is 4.39. The molecule has 0 aliphatic carbocycles. The summed E-state index contributed by atoms with van der Waals surface area (Å²) in [7, 11) is 3.70. The van der Waals surface area contributed by atoms with Crippen molar-refractivity contribution in [2.24, 2.45) is 5.92 Å². The van der Waals surface area contributed by atoms with Crippen LogP contribution in [-0.2, 0) is 6.42 Å². The van der Waals surface area contributed by atoms with Gasteiger partial charge in [0.2, 0.25) is 5.95 Å². The fraction of sp³-hybridized carbons (Fsp3) is 0.438. The smallest absolute Gasteiger partial charge is 0.254 e. The lowest BCUT2D eigenvalue weighted by molar-refractivity contribution is 0.0938. The van der Waals surface area contributed by atoms with E-state index in [1.807, 2.05) is 31.6 Å². The molecule has 0 spiro atoms. The lowest BCUT2D eigenvalue weighted by atomic mass is 10.1. The summed E-state index contributed by atoms with van der Waals surface area (Å²) in [4.78, 5) is 23.8. The molecule has 2 aromatic rings. The number of amides is 1. The number of rotatable bonds is 7. The molecule has 2 heterocycles. The molecule has 1 amide bonds. The van der Waals surface area contributed by atoms with E-state index in [9.17, 15) is 9.90 Å². The highest BCUT2D eigenvalue weighted by molar-refractivity contribution is 7.09. The van der Waals surface area contributed by atoms with Crippen molar-refractivity contribution in [2.45, 2.75) is 13.3 Å². The van der Waals surface area contributed by atoms with Crippen LogP contribution in [0.25, 0.3) is 0 Å². The Morgan fingerprint density at radius 3 is 2.83 bits per heavy atom. The van der Waals surface area contributed by atoms with Gasteiger partial charge in [0.05, 0.1) is 11.3 Å². The Bertz CT molecular complexity index is 644. The zero-order valence-corrected chi connectivity index (χ0v) is 14.4. The first kappa shape index (κ1) is 17.4. The molecular formula is C16H22N4O2S.